The predicted octanol–water partition coefficient (Wildman–Crippen LogP) is 1.92. The van der Waals surface area contributed by atoms with Gasteiger partial charge in [0.2, 0.25) is 6.10 Å². The molecule has 0 bridgehead atoms. The fourth-order valence-electron chi connectivity index (χ4n) is 2.42. The first-order valence-corrected chi connectivity index (χ1v) is 7.73. The minimum atomic E-state index is -0.755. The van der Waals surface area contributed by atoms with Gasteiger partial charge in [-0.15, -0.1) is 0 Å². The minimum absolute atomic E-state index is 0.133. The first-order valence-electron chi connectivity index (χ1n) is 7.73. The molecule has 1 aliphatic heterocycles. The third kappa shape index (κ3) is 3.25. The quantitative estimate of drug-likeness (QED) is 0.584. The lowest BCUT2D eigenvalue weighted by molar-refractivity contribution is -0.130. The van der Waals surface area contributed by atoms with E-state index in [1.54, 1.807) is 18.3 Å². The number of para-hydroxylation sites is 4. The highest BCUT2D eigenvalue weighted by atomic mass is 16.6. The minimum Gasteiger partial charge on any atom is -0.485 e. The first-order chi connectivity index (χ1) is 12.3. The summed E-state index contributed by atoms with van der Waals surface area (Å²) in [6, 6.07) is 14.7. The van der Waals surface area contributed by atoms with Gasteiger partial charge in [0.1, 0.15) is 12.3 Å². The molecule has 124 valence electrons. The largest absolute Gasteiger partial charge is 0.485 e. The number of carbonyl (C=O) groups is 1. The number of fused-ring (bicyclic) bond motifs is 2. The van der Waals surface area contributed by atoms with Crippen molar-refractivity contribution in [1.29, 1.82) is 0 Å². The van der Waals surface area contributed by atoms with E-state index in [2.05, 4.69) is 20.5 Å². The highest BCUT2D eigenvalue weighted by Gasteiger charge is 2.26. The Morgan fingerprint density at radius 1 is 1.12 bits per heavy atom. The van der Waals surface area contributed by atoms with Crippen molar-refractivity contribution in [2.75, 3.05) is 6.61 Å². The van der Waals surface area contributed by atoms with Crippen LogP contribution in [0.3, 0.4) is 0 Å². The van der Waals surface area contributed by atoms with E-state index in [9.17, 15) is 4.79 Å². The van der Waals surface area contributed by atoms with Gasteiger partial charge in [0.15, 0.2) is 11.5 Å². The van der Waals surface area contributed by atoms with Crippen LogP contribution in [0.1, 0.15) is 5.69 Å². The van der Waals surface area contributed by atoms with Crippen molar-refractivity contribution in [1.82, 2.24) is 15.4 Å². The van der Waals surface area contributed by atoms with Crippen LogP contribution in [0.5, 0.6) is 11.5 Å². The van der Waals surface area contributed by atoms with Gasteiger partial charge in [0.05, 0.1) is 23.4 Å². The lowest BCUT2D eigenvalue weighted by Crippen LogP contribution is -2.42. The van der Waals surface area contributed by atoms with Crippen molar-refractivity contribution >= 4 is 23.2 Å². The summed E-state index contributed by atoms with van der Waals surface area (Å²) < 4.78 is 11.1. The second kappa shape index (κ2) is 6.56. The smallest absolute Gasteiger partial charge is 0.284 e. The molecule has 0 spiro atoms. The Bertz CT molecular complexity index is 958. The van der Waals surface area contributed by atoms with Gasteiger partial charge < -0.3 is 9.47 Å². The number of ether oxygens (including phenoxy) is 2. The van der Waals surface area contributed by atoms with Crippen LogP contribution in [0.2, 0.25) is 0 Å². The summed E-state index contributed by atoms with van der Waals surface area (Å²) in [5, 5.41) is 3.92. The third-order valence-electron chi connectivity index (χ3n) is 3.64. The van der Waals surface area contributed by atoms with E-state index >= 15 is 0 Å². The monoisotopic (exact) mass is 334 g/mol. The van der Waals surface area contributed by atoms with Crippen LogP contribution >= 0.6 is 0 Å². The molecule has 0 saturated carbocycles. The van der Waals surface area contributed by atoms with Crippen molar-refractivity contribution in [3.63, 3.8) is 0 Å². The van der Waals surface area contributed by atoms with E-state index in [0.717, 1.165) is 11.0 Å². The van der Waals surface area contributed by atoms with E-state index in [1.807, 2.05) is 36.4 Å². The molecule has 1 atom stereocenters. The van der Waals surface area contributed by atoms with Crippen molar-refractivity contribution in [2.45, 2.75) is 6.10 Å². The summed E-state index contributed by atoms with van der Waals surface area (Å²) in [5.41, 5.74) is 4.55. The number of nitrogens with one attached hydrogen (secondary N) is 1. The molecular weight excluding hydrogens is 320 g/mol. The van der Waals surface area contributed by atoms with E-state index in [4.69, 9.17) is 9.47 Å². The van der Waals surface area contributed by atoms with E-state index in [1.165, 1.54) is 6.21 Å². The molecular formula is C18H14N4O3. The molecule has 3 aromatic rings. The van der Waals surface area contributed by atoms with Crippen LogP contribution in [0, 0.1) is 0 Å². The van der Waals surface area contributed by atoms with Crippen LogP contribution in [0.4, 0.5) is 0 Å². The summed E-state index contributed by atoms with van der Waals surface area (Å²) in [6.45, 7) is 0.133. The van der Waals surface area contributed by atoms with Gasteiger partial charge in [-0.2, -0.15) is 5.10 Å². The molecule has 0 fully saturated rings. The van der Waals surface area contributed by atoms with Crippen LogP contribution in [0.25, 0.3) is 11.0 Å². The molecule has 0 aliphatic carbocycles. The molecule has 1 aliphatic rings. The fraction of sp³-hybridized carbons (Fsp3) is 0.111. The number of aromatic nitrogens is 2. The van der Waals surface area contributed by atoms with Gasteiger partial charge in [-0.05, 0) is 24.3 Å². The Hall–Kier alpha value is -3.48. The van der Waals surface area contributed by atoms with Crippen LogP contribution in [0.15, 0.2) is 59.8 Å². The molecule has 1 aromatic heterocycles. The maximum atomic E-state index is 12.1. The second-order valence-electron chi connectivity index (χ2n) is 5.38. The topological polar surface area (TPSA) is 85.7 Å². The molecule has 2 heterocycles. The number of hydrazone groups is 1. The van der Waals surface area contributed by atoms with Gasteiger partial charge in [0.25, 0.3) is 5.91 Å². The molecule has 7 heteroatoms. The van der Waals surface area contributed by atoms with E-state index in [-0.39, 0.29) is 12.5 Å². The highest BCUT2D eigenvalue weighted by molar-refractivity contribution is 5.85. The molecule has 1 amide bonds. The molecule has 4 rings (SSSR count). The molecule has 0 unspecified atom stereocenters. The van der Waals surface area contributed by atoms with E-state index in [0.29, 0.717) is 17.2 Å². The second-order valence-corrected chi connectivity index (χ2v) is 5.38. The Balaban J connectivity index is 1.40. The van der Waals surface area contributed by atoms with Gasteiger partial charge in [-0.1, -0.05) is 24.3 Å². The van der Waals surface area contributed by atoms with Crippen LogP contribution < -0.4 is 14.9 Å². The van der Waals surface area contributed by atoms with Crippen molar-refractivity contribution < 1.29 is 14.3 Å². The summed E-state index contributed by atoms with van der Waals surface area (Å²) in [5.74, 6) is 0.777. The molecule has 2 aromatic carbocycles. The predicted molar refractivity (Wildman–Crippen MR) is 91.6 cm³/mol. The Morgan fingerprint density at radius 3 is 2.76 bits per heavy atom. The number of hydrogen-bond donors (Lipinski definition) is 1. The number of hydrogen-bond acceptors (Lipinski definition) is 6. The normalized spacial score (nSPS) is 16.1. The number of carbonyl (C=O) groups excluding carboxylic acids is 1. The first kappa shape index (κ1) is 15.1. The maximum absolute atomic E-state index is 12.1. The fourth-order valence-corrected chi connectivity index (χ4v) is 2.42. The lowest BCUT2D eigenvalue weighted by atomic mass is 10.2. The van der Waals surface area contributed by atoms with Crippen molar-refractivity contribution in [3.8, 4) is 11.5 Å². The summed E-state index contributed by atoms with van der Waals surface area (Å²) in [6.07, 6.45) is 2.28. The zero-order chi connectivity index (χ0) is 17.1. The molecule has 0 saturated heterocycles. The average Bonchev–Trinajstić information content (AvgIpc) is 2.67. The Labute approximate surface area is 143 Å². The number of benzene rings is 2. The standard InChI is InChI=1S/C18H14N4O3/c23-18(17-11-24-15-7-3-4-8-16(15)25-17)22-20-10-12-9-19-13-5-1-2-6-14(13)21-12/h1-10,17H,11H2,(H,22,23)/b20-10-/t17-/m1/s1. The summed E-state index contributed by atoms with van der Waals surface area (Å²) in [7, 11) is 0. The summed E-state index contributed by atoms with van der Waals surface area (Å²) in [4.78, 5) is 20.8. The van der Waals surface area contributed by atoms with Gasteiger partial charge in [-0.3, -0.25) is 9.78 Å². The van der Waals surface area contributed by atoms with Gasteiger partial charge >= 0.3 is 0 Å². The van der Waals surface area contributed by atoms with Crippen molar-refractivity contribution in [3.05, 3.63) is 60.4 Å². The van der Waals surface area contributed by atoms with E-state index < -0.39 is 6.10 Å². The maximum Gasteiger partial charge on any atom is 0.284 e. The zero-order valence-electron chi connectivity index (χ0n) is 13.1. The van der Waals surface area contributed by atoms with Gasteiger partial charge in [0, 0.05) is 0 Å². The number of nitrogens with zero attached hydrogens (tertiary/aromatic N) is 3. The van der Waals surface area contributed by atoms with Crippen LogP contribution in [-0.4, -0.2) is 34.8 Å². The molecule has 1 N–H and O–H groups in total. The third-order valence-corrected chi connectivity index (χ3v) is 3.64. The molecule has 25 heavy (non-hydrogen) atoms. The molecule has 7 nitrogen and oxygen atoms in total. The number of amides is 1. The summed E-state index contributed by atoms with van der Waals surface area (Å²) >= 11 is 0. The highest BCUT2D eigenvalue weighted by Crippen LogP contribution is 2.30. The SMILES string of the molecule is O=C(N/N=C\c1cnc2ccccc2n1)[C@H]1COc2ccccc2O1. The zero-order valence-corrected chi connectivity index (χ0v) is 13.1. The van der Waals surface area contributed by atoms with Gasteiger partial charge in [-0.25, -0.2) is 10.4 Å². The number of rotatable bonds is 3. The lowest BCUT2D eigenvalue weighted by Gasteiger charge is -2.24. The molecule has 0 radical (unpaired) electrons. The average molecular weight is 334 g/mol. The Kier molecular flexibility index (Phi) is 3.96. The van der Waals surface area contributed by atoms with Crippen LogP contribution in [-0.2, 0) is 4.79 Å². The van der Waals surface area contributed by atoms with Crippen molar-refractivity contribution in [2.24, 2.45) is 5.10 Å². The Morgan fingerprint density at radius 2 is 1.88 bits per heavy atom.